The van der Waals surface area contributed by atoms with Gasteiger partial charge >= 0.3 is 5.97 Å². The zero-order chi connectivity index (χ0) is 18.4. The molecule has 1 aromatic heterocycles. The average molecular weight is 350 g/mol. The van der Waals surface area contributed by atoms with E-state index < -0.39 is 5.97 Å². The summed E-state index contributed by atoms with van der Waals surface area (Å²) < 4.78 is 0. The molecule has 0 aliphatic heterocycles. The van der Waals surface area contributed by atoms with E-state index >= 15 is 0 Å². The van der Waals surface area contributed by atoms with Crippen LogP contribution in [-0.2, 0) is 9.59 Å². The second-order valence-corrected chi connectivity index (χ2v) is 5.74. The van der Waals surface area contributed by atoms with Gasteiger partial charge in [-0.25, -0.2) is 9.97 Å². The van der Waals surface area contributed by atoms with E-state index in [1.54, 1.807) is 12.1 Å². The summed E-state index contributed by atoms with van der Waals surface area (Å²) >= 11 is 0. The van der Waals surface area contributed by atoms with Gasteiger partial charge < -0.3 is 15.7 Å². The molecule has 132 valence electrons. The lowest BCUT2D eigenvalue weighted by atomic mass is 10.2. The zero-order valence-corrected chi connectivity index (χ0v) is 14.0. The van der Waals surface area contributed by atoms with Crippen molar-refractivity contribution in [3.63, 3.8) is 0 Å². The molecular formula is C19H18N4O3. The normalized spacial score (nSPS) is 10.5. The van der Waals surface area contributed by atoms with Gasteiger partial charge in [-0.2, -0.15) is 0 Å². The Morgan fingerprint density at radius 1 is 0.962 bits per heavy atom. The SMILES string of the molecule is O=C(O)CCCC(=O)Nc1cccc(Nc2ncnc3ccccc23)c1. The highest BCUT2D eigenvalue weighted by atomic mass is 16.4. The van der Waals surface area contributed by atoms with Crippen LogP contribution in [0.5, 0.6) is 0 Å². The van der Waals surface area contributed by atoms with Crippen molar-refractivity contribution in [3.05, 3.63) is 54.9 Å². The van der Waals surface area contributed by atoms with Crippen molar-refractivity contribution >= 4 is 40.0 Å². The van der Waals surface area contributed by atoms with Crippen LogP contribution in [0.2, 0.25) is 0 Å². The third kappa shape index (κ3) is 4.54. The summed E-state index contributed by atoms with van der Waals surface area (Å²) in [5, 5.41) is 15.5. The number of aromatic nitrogens is 2. The highest BCUT2D eigenvalue weighted by Gasteiger charge is 2.07. The molecule has 2 aromatic carbocycles. The second-order valence-electron chi connectivity index (χ2n) is 5.74. The molecule has 0 saturated carbocycles. The summed E-state index contributed by atoms with van der Waals surface area (Å²) in [6.07, 6.45) is 1.96. The Balaban J connectivity index is 1.69. The van der Waals surface area contributed by atoms with Gasteiger partial charge in [0.15, 0.2) is 0 Å². The number of rotatable bonds is 7. The van der Waals surface area contributed by atoms with Gasteiger partial charge in [-0.15, -0.1) is 0 Å². The minimum Gasteiger partial charge on any atom is -0.481 e. The molecule has 0 unspecified atom stereocenters. The Labute approximate surface area is 150 Å². The van der Waals surface area contributed by atoms with E-state index in [9.17, 15) is 9.59 Å². The second kappa shape index (κ2) is 8.06. The van der Waals surface area contributed by atoms with Gasteiger partial charge in [-0.05, 0) is 36.8 Å². The predicted molar refractivity (Wildman–Crippen MR) is 99.4 cm³/mol. The molecule has 0 radical (unpaired) electrons. The van der Waals surface area contributed by atoms with E-state index in [4.69, 9.17) is 5.11 Å². The molecule has 0 aliphatic carbocycles. The van der Waals surface area contributed by atoms with Crippen molar-refractivity contribution in [1.29, 1.82) is 0 Å². The highest BCUT2D eigenvalue weighted by molar-refractivity contribution is 5.93. The molecule has 0 saturated heterocycles. The summed E-state index contributed by atoms with van der Waals surface area (Å²) in [5.74, 6) is -0.433. The number of hydrogen-bond donors (Lipinski definition) is 3. The molecule has 0 bridgehead atoms. The first-order chi connectivity index (χ1) is 12.6. The van der Waals surface area contributed by atoms with Crippen LogP contribution in [0.25, 0.3) is 10.9 Å². The van der Waals surface area contributed by atoms with Crippen molar-refractivity contribution in [2.24, 2.45) is 0 Å². The van der Waals surface area contributed by atoms with Crippen molar-refractivity contribution in [2.45, 2.75) is 19.3 Å². The lowest BCUT2D eigenvalue weighted by molar-refractivity contribution is -0.137. The third-order valence-electron chi connectivity index (χ3n) is 3.75. The smallest absolute Gasteiger partial charge is 0.303 e. The third-order valence-corrected chi connectivity index (χ3v) is 3.75. The predicted octanol–water partition coefficient (Wildman–Crippen LogP) is 3.57. The summed E-state index contributed by atoms with van der Waals surface area (Å²) in [6, 6.07) is 15.0. The van der Waals surface area contributed by atoms with Crippen LogP contribution < -0.4 is 10.6 Å². The lowest BCUT2D eigenvalue weighted by Crippen LogP contribution is -2.12. The van der Waals surface area contributed by atoms with Gasteiger partial charge in [0.05, 0.1) is 5.52 Å². The minimum atomic E-state index is -0.902. The Morgan fingerprint density at radius 2 is 1.77 bits per heavy atom. The van der Waals surface area contributed by atoms with E-state index in [0.29, 0.717) is 17.9 Å². The largest absolute Gasteiger partial charge is 0.481 e. The van der Waals surface area contributed by atoms with E-state index in [1.165, 1.54) is 6.33 Å². The summed E-state index contributed by atoms with van der Waals surface area (Å²) in [4.78, 5) is 30.9. The number of anilines is 3. The molecule has 0 fully saturated rings. The number of carboxylic acids is 1. The molecule has 7 heteroatoms. The first-order valence-corrected chi connectivity index (χ1v) is 8.20. The molecular weight excluding hydrogens is 332 g/mol. The maximum absolute atomic E-state index is 11.9. The standard InChI is InChI=1S/C19H18N4O3/c24-17(9-4-10-18(25)26)22-13-5-3-6-14(11-13)23-19-15-7-1-2-8-16(15)20-12-21-19/h1-3,5-8,11-12H,4,9-10H2,(H,22,24)(H,25,26)(H,20,21,23). The summed E-state index contributed by atoms with van der Waals surface area (Å²) in [5.41, 5.74) is 2.25. The maximum atomic E-state index is 11.9. The van der Waals surface area contributed by atoms with Crippen molar-refractivity contribution < 1.29 is 14.7 Å². The van der Waals surface area contributed by atoms with Crippen LogP contribution in [0.15, 0.2) is 54.9 Å². The first-order valence-electron chi connectivity index (χ1n) is 8.20. The number of amides is 1. The summed E-state index contributed by atoms with van der Waals surface area (Å²) in [6.45, 7) is 0. The Hall–Kier alpha value is -3.48. The van der Waals surface area contributed by atoms with Crippen LogP contribution >= 0.6 is 0 Å². The van der Waals surface area contributed by atoms with Crippen LogP contribution in [0.1, 0.15) is 19.3 Å². The van der Waals surface area contributed by atoms with E-state index in [1.807, 2.05) is 36.4 Å². The molecule has 0 atom stereocenters. The van der Waals surface area contributed by atoms with Gasteiger partial charge in [0.25, 0.3) is 0 Å². The number of carboxylic acid groups (broad SMARTS) is 1. The number of nitrogens with zero attached hydrogens (tertiary/aromatic N) is 2. The van der Waals surface area contributed by atoms with Gasteiger partial charge in [0.2, 0.25) is 5.91 Å². The minimum absolute atomic E-state index is 0.0181. The van der Waals surface area contributed by atoms with Crippen LogP contribution in [0.4, 0.5) is 17.2 Å². The lowest BCUT2D eigenvalue weighted by Gasteiger charge is -2.10. The topological polar surface area (TPSA) is 104 Å². The molecule has 26 heavy (non-hydrogen) atoms. The van der Waals surface area contributed by atoms with Gasteiger partial charge in [-0.1, -0.05) is 18.2 Å². The van der Waals surface area contributed by atoms with E-state index in [-0.39, 0.29) is 18.7 Å². The molecule has 3 aromatic rings. The maximum Gasteiger partial charge on any atom is 0.303 e. The van der Waals surface area contributed by atoms with Crippen LogP contribution in [0, 0.1) is 0 Å². The Morgan fingerprint density at radius 3 is 2.62 bits per heavy atom. The van der Waals surface area contributed by atoms with E-state index in [0.717, 1.165) is 16.6 Å². The molecule has 1 amide bonds. The van der Waals surface area contributed by atoms with Crippen molar-refractivity contribution in [1.82, 2.24) is 9.97 Å². The fourth-order valence-electron chi connectivity index (χ4n) is 2.54. The molecule has 3 rings (SSSR count). The molecule has 1 heterocycles. The number of benzene rings is 2. The zero-order valence-electron chi connectivity index (χ0n) is 14.0. The molecule has 7 nitrogen and oxygen atoms in total. The van der Waals surface area contributed by atoms with Gasteiger partial charge in [0, 0.05) is 29.6 Å². The molecule has 3 N–H and O–H groups in total. The highest BCUT2D eigenvalue weighted by Crippen LogP contribution is 2.24. The fraction of sp³-hybridized carbons (Fsp3) is 0.158. The number of fused-ring (bicyclic) bond motifs is 1. The monoisotopic (exact) mass is 350 g/mol. The average Bonchev–Trinajstić information content (AvgIpc) is 2.62. The van der Waals surface area contributed by atoms with Crippen LogP contribution in [0.3, 0.4) is 0 Å². The number of carbonyl (C=O) groups is 2. The van der Waals surface area contributed by atoms with E-state index in [2.05, 4.69) is 20.6 Å². The summed E-state index contributed by atoms with van der Waals surface area (Å²) in [7, 11) is 0. The molecule has 0 spiro atoms. The first kappa shape index (κ1) is 17.3. The number of hydrogen-bond acceptors (Lipinski definition) is 5. The fourth-order valence-corrected chi connectivity index (χ4v) is 2.54. The number of nitrogens with one attached hydrogen (secondary N) is 2. The number of para-hydroxylation sites is 1. The van der Waals surface area contributed by atoms with Gasteiger partial charge in [0.1, 0.15) is 12.1 Å². The van der Waals surface area contributed by atoms with Gasteiger partial charge in [-0.3, -0.25) is 9.59 Å². The number of aliphatic carboxylic acids is 1. The number of carbonyl (C=O) groups excluding carboxylic acids is 1. The Bertz CT molecular complexity index is 937. The van der Waals surface area contributed by atoms with Crippen LogP contribution in [-0.4, -0.2) is 27.0 Å². The molecule has 0 aliphatic rings. The van der Waals surface area contributed by atoms with Crippen molar-refractivity contribution in [3.8, 4) is 0 Å². The van der Waals surface area contributed by atoms with Crippen molar-refractivity contribution in [2.75, 3.05) is 10.6 Å². The quantitative estimate of drug-likeness (QED) is 0.602. The Kier molecular flexibility index (Phi) is 5.38.